The second-order valence-electron chi connectivity index (χ2n) is 7.58. The van der Waals surface area contributed by atoms with Gasteiger partial charge in [-0.1, -0.05) is 20.8 Å². The van der Waals surface area contributed by atoms with Crippen LogP contribution < -0.4 is 5.32 Å². The van der Waals surface area contributed by atoms with Crippen LogP contribution in [0.3, 0.4) is 0 Å². The Morgan fingerprint density at radius 3 is 2.86 bits per heavy atom. The predicted molar refractivity (Wildman–Crippen MR) is 90.1 cm³/mol. The molecule has 0 spiro atoms. The fourth-order valence-corrected chi connectivity index (χ4v) is 4.93. The van der Waals surface area contributed by atoms with Crippen LogP contribution in [0.1, 0.15) is 45.3 Å². The molecule has 3 heterocycles. The van der Waals surface area contributed by atoms with Gasteiger partial charge in [0, 0.05) is 36.6 Å². The number of thioether (sulfide) groups is 1. The summed E-state index contributed by atoms with van der Waals surface area (Å²) in [6.07, 6.45) is 3.45. The zero-order chi connectivity index (χ0) is 15.7. The molecule has 0 bridgehead atoms. The molecule has 0 unspecified atom stereocenters. The van der Waals surface area contributed by atoms with E-state index in [9.17, 15) is 0 Å². The lowest BCUT2D eigenvalue weighted by Crippen LogP contribution is -2.44. The smallest absolute Gasteiger partial charge is 0.176 e. The Balaban J connectivity index is 1.55. The minimum absolute atomic E-state index is 0.405. The van der Waals surface area contributed by atoms with Crippen LogP contribution in [0, 0.1) is 5.41 Å². The van der Waals surface area contributed by atoms with Gasteiger partial charge in [0.15, 0.2) is 5.82 Å². The molecule has 1 aromatic heterocycles. The molecule has 124 valence electrons. The Hall–Kier alpha value is -0.590. The number of hydrogen-bond acceptors (Lipinski definition) is 5. The van der Waals surface area contributed by atoms with E-state index in [1.807, 2.05) is 0 Å². The number of nitrogens with zero attached hydrogens (tertiary/aromatic N) is 3. The average Bonchev–Trinajstić information content (AvgIpc) is 3.04. The van der Waals surface area contributed by atoms with Gasteiger partial charge in [0.25, 0.3) is 0 Å². The van der Waals surface area contributed by atoms with Gasteiger partial charge < -0.3 is 10.1 Å². The molecule has 3 rings (SSSR count). The monoisotopic (exact) mass is 324 g/mol. The lowest BCUT2D eigenvalue weighted by molar-refractivity contribution is 0.177. The molecule has 0 amide bonds. The summed E-state index contributed by atoms with van der Waals surface area (Å²) in [4.78, 5) is 4.55. The first kappa shape index (κ1) is 16.3. The third kappa shape index (κ3) is 3.66. The van der Waals surface area contributed by atoms with Gasteiger partial charge in [-0.05, 0) is 18.3 Å². The zero-order valence-corrected chi connectivity index (χ0v) is 14.9. The SMILES string of the molecule is COCc1nc2n(n1)C[C@H](N[C@H]1CS[C@@H](C(C)(C)C)C1)CC2. The van der Waals surface area contributed by atoms with Crippen molar-refractivity contribution in [3.63, 3.8) is 0 Å². The first-order valence-corrected chi connectivity index (χ1v) is 9.30. The van der Waals surface area contributed by atoms with E-state index in [2.05, 4.69) is 52.6 Å². The number of nitrogens with one attached hydrogen (secondary N) is 1. The van der Waals surface area contributed by atoms with Crippen molar-refractivity contribution in [1.82, 2.24) is 20.1 Å². The highest BCUT2D eigenvalue weighted by molar-refractivity contribution is 8.00. The highest BCUT2D eigenvalue weighted by Gasteiger charge is 2.35. The van der Waals surface area contributed by atoms with Crippen LogP contribution in [0.5, 0.6) is 0 Å². The molecule has 2 aliphatic heterocycles. The molecule has 2 aliphatic rings. The predicted octanol–water partition coefficient (Wildman–Crippen LogP) is 2.25. The molecule has 3 atom stereocenters. The van der Waals surface area contributed by atoms with Crippen molar-refractivity contribution in [2.75, 3.05) is 12.9 Å². The van der Waals surface area contributed by atoms with Crippen LogP contribution in [-0.4, -0.2) is 45.0 Å². The topological polar surface area (TPSA) is 52.0 Å². The fourth-order valence-electron chi connectivity index (χ4n) is 3.37. The first-order chi connectivity index (χ1) is 10.5. The minimum atomic E-state index is 0.405. The van der Waals surface area contributed by atoms with Crippen LogP contribution in [0.2, 0.25) is 0 Å². The van der Waals surface area contributed by atoms with Crippen molar-refractivity contribution in [1.29, 1.82) is 0 Å². The van der Waals surface area contributed by atoms with E-state index in [0.717, 1.165) is 36.3 Å². The normalized spacial score (nSPS) is 28.8. The van der Waals surface area contributed by atoms with Crippen LogP contribution in [0.15, 0.2) is 0 Å². The van der Waals surface area contributed by atoms with Crippen molar-refractivity contribution < 1.29 is 4.74 Å². The molecule has 1 saturated heterocycles. The molecule has 0 saturated carbocycles. The van der Waals surface area contributed by atoms with E-state index in [1.54, 1.807) is 7.11 Å². The van der Waals surface area contributed by atoms with Crippen LogP contribution in [0.4, 0.5) is 0 Å². The molecule has 1 N–H and O–H groups in total. The number of methoxy groups -OCH3 is 1. The average molecular weight is 324 g/mol. The van der Waals surface area contributed by atoms with Crippen molar-refractivity contribution in [3.05, 3.63) is 11.6 Å². The summed E-state index contributed by atoms with van der Waals surface area (Å²) in [5.74, 6) is 3.15. The summed E-state index contributed by atoms with van der Waals surface area (Å²) in [5.41, 5.74) is 0.405. The molecular formula is C16H28N4OS. The van der Waals surface area contributed by atoms with Gasteiger partial charge >= 0.3 is 0 Å². The van der Waals surface area contributed by atoms with Crippen LogP contribution in [0.25, 0.3) is 0 Å². The Kier molecular flexibility index (Phi) is 4.80. The Labute approximate surface area is 137 Å². The second kappa shape index (κ2) is 6.49. The number of ether oxygens (including phenoxy) is 1. The third-order valence-electron chi connectivity index (χ3n) is 4.61. The number of aryl methyl sites for hydroxylation is 1. The standard InChI is InChI=1S/C16H28N4OS/c1-16(2,3)13-7-12(10-22-13)17-11-5-6-15-18-14(9-21-4)19-20(15)8-11/h11-13,17H,5-10H2,1-4H3/t11-,12-,13-/m1/s1. The van der Waals surface area contributed by atoms with Gasteiger partial charge in [-0.3, -0.25) is 0 Å². The summed E-state index contributed by atoms with van der Waals surface area (Å²) in [6, 6.07) is 1.16. The maximum absolute atomic E-state index is 5.13. The van der Waals surface area contributed by atoms with Gasteiger partial charge in [-0.15, -0.1) is 0 Å². The van der Waals surface area contributed by atoms with E-state index < -0.39 is 0 Å². The second-order valence-corrected chi connectivity index (χ2v) is 8.82. The molecule has 0 radical (unpaired) electrons. The van der Waals surface area contributed by atoms with Crippen molar-refractivity contribution >= 4 is 11.8 Å². The van der Waals surface area contributed by atoms with E-state index in [4.69, 9.17) is 4.74 Å². The maximum atomic E-state index is 5.13. The summed E-state index contributed by atoms with van der Waals surface area (Å²) in [7, 11) is 1.69. The van der Waals surface area contributed by atoms with Crippen molar-refractivity contribution in [2.45, 2.75) is 70.5 Å². The van der Waals surface area contributed by atoms with Crippen LogP contribution in [-0.2, 0) is 24.3 Å². The molecule has 1 aromatic rings. The molecular weight excluding hydrogens is 296 g/mol. The molecule has 5 nitrogen and oxygen atoms in total. The van der Waals surface area contributed by atoms with Crippen molar-refractivity contribution in [3.8, 4) is 0 Å². The number of fused-ring (bicyclic) bond motifs is 1. The number of aromatic nitrogens is 3. The summed E-state index contributed by atoms with van der Waals surface area (Å²) < 4.78 is 7.20. The molecule has 0 aliphatic carbocycles. The van der Waals surface area contributed by atoms with Gasteiger partial charge in [-0.2, -0.15) is 16.9 Å². The van der Waals surface area contributed by atoms with Crippen LogP contribution >= 0.6 is 11.8 Å². The lowest BCUT2D eigenvalue weighted by atomic mass is 9.88. The Bertz CT molecular complexity index is 511. The van der Waals surface area contributed by atoms with E-state index in [0.29, 0.717) is 24.1 Å². The van der Waals surface area contributed by atoms with E-state index >= 15 is 0 Å². The van der Waals surface area contributed by atoms with Gasteiger partial charge in [0.2, 0.25) is 0 Å². The zero-order valence-electron chi connectivity index (χ0n) is 14.1. The van der Waals surface area contributed by atoms with Gasteiger partial charge in [0.05, 0.1) is 6.54 Å². The highest BCUT2D eigenvalue weighted by Crippen LogP contribution is 2.39. The van der Waals surface area contributed by atoms with E-state index in [-0.39, 0.29) is 0 Å². The first-order valence-electron chi connectivity index (χ1n) is 8.25. The van der Waals surface area contributed by atoms with Gasteiger partial charge in [0.1, 0.15) is 12.4 Å². The summed E-state index contributed by atoms with van der Waals surface area (Å²) in [5, 5.41) is 9.18. The number of rotatable bonds is 4. The summed E-state index contributed by atoms with van der Waals surface area (Å²) >= 11 is 2.13. The molecule has 0 aromatic carbocycles. The summed E-state index contributed by atoms with van der Waals surface area (Å²) in [6.45, 7) is 8.50. The Morgan fingerprint density at radius 2 is 2.18 bits per heavy atom. The quantitative estimate of drug-likeness (QED) is 0.920. The molecule has 1 fully saturated rings. The lowest BCUT2D eigenvalue weighted by Gasteiger charge is -2.28. The minimum Gasteiger partial charge on any atom is -0.377 e. The van der Waals surface area contributed by atoms with Gasteiger partial charge in [-0.25, -0.2) is 9.67 Å². The van der Waals surface area contributed by atoms with Crippen molar-refractivity contribution in [2.24, 2.45) is 5.41 Å². The fraction of sp³-hybridized carbons (Fsp3) is 0.875. The molecule has 22 heavy (non-hydrogen) atoms. The number of hydrogen-bond donors (Lipinski definition) is 1. The highest BCUT2D eigenvalue weighted by atomic mass is 32.2. The molecule has 6 heteroatoms. The Morgan fingerprint density at radius 1 is 1.36 bits per heavy atom. The van der Waals surface area contributed by atoms with E-state index in [1.165, 1.54) is 12.2 Å². The largest absolute Gasteiger partial charge is 0.377 e. The third-order valence-corrected chi connectivity index (χ3v) is 6.51. The maximum Gasteiger partial charge on any atom is 0.176 e.